The lowest BCUT2D eigenvalue weighted by Crippen LogP contribution is -2.30. The molecule has 1 heterocycles. The SMILES string of the molecule is O=C(CCNC(=O)c1ccc(Br)cc1)NCc1ccc(Cn2ccnc2)cc1. The Morgan fingerprint density at radius 2 is 1.68 bits per heavy atom. The Labute approximate surface area is 172 Å². The van der Waals surface area contributed by atoms with E-state index in [-0.39, 0.29) is 18.2 Å². The first kappa shape index (κ1) is 19.8. The van der Waals surface area contributed by atoms with Crippen LogP contribution in [0.2, 0.25) is 0 Å². The summed E-state index contributed by atoms with van der Waals surface area (Å²) >= 11 is 3.33. The van der Waals surface area contributed by atoms with Crippen LogP contribution in [0.3, 0.4) is 0 Å². The average molecular weight is 441 g/mol. The molecule has 0 saturated heterocycles. The van der Waals surface area contributed by atoms with Gasteiger partial charge in [0.1, 0.15) is 0 Å². The summed E-state index contributed by atoms with van der Waals surface area (Å²) in [5.74, 6) is -0.285. The Morgan fingerprint density at radius 1 is 0.964 bits per heavy atom. The summed E-state index contributed by atoms with van der Waals surface area (Å²) in [6.07, 6.45) is 5.69. The lowest BCUT2D eigenvalue weighted by Gasteiger charge is -2.08. The molecule has 3 rings (SSSR count). The topological polar surface area (TPSA) is 76.0 Å². The fourth-order valence-electron chi connectivity index (χ4n) is 2.64. The first-order chi connectivity index (χ1) is 13.6. The van der Waals surface area contributed by atoms with Crippen LogP contribution in [0.5, 0.6) is 0 Å². The minimum absolute atomic E-state index is 0.0985. The van der Waals surface area contributed by atoms with Gasteiger partial charge in [0, 0.05) is 48.5 Å². The highest BCUT2D eigenvalue weighted by molar-refractivity contribution is 9.10. The number of carbonyl (C=O) groups excluding carboxylic acids is 2. The van der Waals surface area contributed by atoms with Crippen LogP contribution in [0, 0.1) is 0 Å². The van der Waals surface area contributed by atoms with Gasteiger partial charge < -0.3 is 15.2 Å². The fraction of sp³-hybridized carbons (Fsp3) is 0.190. The van der Waals surface area contributed by atoms with Crippen LogP contribution in [-0.2, 0) is 17.9 Å². The van der Waals surface area contributed by atoms with Crippen molar-refractivity contribution in [3.63, 3.8) is 0 Å². The Hall–Kier alpha value is -2.93. The molecule has 2 amide bonds. The molecule has 3 aromatic rings. The zero-order valence-corrected chi connectivity index (χ0v) is 16.9. The molecule has 28 heavy (non-hydrogen) atoms. The number of carbonyl (C=O) groups is 2. The van der Waals surface area contributed by atoms with Crippen LogP contribution in [-0.4, -0.2) is 27.9 Å². The van der Waals surface area contributed by atoms with E-state index in [4.69, 9.17) is 0 Å². The van der Waals surface area contributed by atoms with Crippen LogP contribution < -0.4 is 10.6 Å². The molecule has 0 aliphatic rings. The number of aromatic nitrogens is 2. The van der Waals surface area contributed by atoms with Gasteiger partial charge in [0.15, 0.2) is 0 Å². The van der Waals surface area contributed by atoms with E-state index in [1.165, 1.54) is 5.56 Å². The van der Waals surface area contributed by atoms with Crippen molar-refractivity contribution in [1.29, 1.82) is 0 Å². The Morgan fingerprint density at radius 3 is 2.36 bits per heavy atom. The van der Waals surface area contributed by atoms with Crippen molar-refractivity contribution in [3.8, 4) is 0 Å². The third-order valence-corrected chi connectivity index (χ3v) is 4.71. The van der Waals surface area contributed by atoms with Gasteiger partial charge in [0.25, 0.3) is 5.91 Å². The normalized spacial score (nSPS) is 10.5. The number of imidazole rings is 1. The predicted molar refractivity (Wildman–Crippen MR) is 111 cm³/mol. The van der Waals surface area contributed by atoms with Crippen molar-refractivity contribution in [1.82, 2.24) is 20.2 Å². The molecule has 6 nitrogen and oxygen atoms in total. The van der Waals surface area contributed by atoms with Crippen molar-refractivity contribution in [2.24, 2.45) is 0 Å². The number of amides is 2. The highest BCUT2D eigenvalue weighted by Crippen LogP contribution is 2.10. The average Bonchev–Trinajstić information content (AvgIpc) is 3.21. The maximum Gasteiger partial charge on any atom is 0.251 e. The van der Waals surface area contributed by atoms with Crippen molar-refractivity contribution in [2.75, 3.05) is 6.54 Å². The number of nitrogens with zero attached hydrogens (tertiary/aromatic N) is 2. The summed E-state index contributed by atoms with van der Waals surface area (Å²) in [6, 6.07) is 15.2. The van der Waals surface area contributed by atoms with Crippen molar-refractivity contribution in [2.45, 2.75) is 19.5 Å². The van der Waals surface area contributed by atoms with Gasteiger partial charge >= 0.3 is 0 Å². The predicted octanol–water partition coefficient (Wildman–Crippen LogP) is 3.13. The largest absolute Gasteiger partial charge is 0.352 e. The van der Waals surface area contributed by atoms with E-state index < -0.39 is 0 Å². The van der Waals surface area contributed by atoms with Gasteiger partial charge in [0.2, 0.25) is 5.91 Å². The number of rotatable bonds is 8. The van der Waals surface area contributed by atoms with Crippen molar-refractivity contribution < 1.29 is 9.59 Å². The first-order valence-corrected chi connectivity index (χ1v) is 9.73. The molecule has 0 aliphatic heterocycles. The van der Waals surface area contributed by atoms with Crippen molar-refractivity contribution >= 4 is 27.7 Å². The van der Waals surface area contributed by atoms with E-state index in [1.54, 1.807) is 24.7 Å². The summed E-state index contributed by atoms with van der Waals surface area (Å²) in [6.45, 7) is 1.53. The molecular formula is C21H21BrN4O2. The number of hydrogen-bond acceptors (Lipinski definition) is 3. The Balaban J connectivity index is 1.37. The molecule has 0 atom stereocenters. The third-order valence-electron chi connectivity index (χ3n) is 4.18. The second kappa shape index (κ2) is 9.85. The van der Waals surface area contributed by atoms with E-state index in [0.717, 1.165) is 16.6 Å². The van der Waals surface area contributed by atoms with E-state index in [0.29, 0.717) is 18.7 Å². The highest BCUT2D eigenvalue weighted by Gasteiger charge is 2.06. The molecule has 144 valence electrons. The van der Waals surface area contributed by atoms with Crippen LogP contribution in [0.25, 0.3) is 0 Å². The zero-order valence-electron chi connectivity index (χ0n) is 15.3. The number of hydrogen-bond donors (Lipinski definition) is 2. The van der Waals surface area contributed by atoms with Gasteiger partial charge in [-0.3, -0.25) is 9.59 Å². The van der Waals surface area contributed by atoms with E-state index in [2.05, 4.69) is 31.5 Å². The molecule has 0 aliphatic carbocycles. The van der Waals surface area contributed by atoms with Crippen LogP contribution >= 0.6 is 15.9 Å². The molecule has 0 spiro atoms. The van der Waals surface area contributed by atoms with Crippen LogP contribution in [0.15, 0.2) is 71.7 Å². The molecule has 7 heteroatoms. The van der Waals surface area contributed by atoms with Crippen LogP contribution in [0.4, 0.5) is 0 Å². The standard InChI is InChI=1S/C21H21BrN4O2/c22-19-7-5-18(6-8-19)21(28)24-10-9-20(27)25-13-16-1-3-17(4-2-16)14-26-12-11-23-15-26/h1-8,11-12,15H,9-10,13-14H2,(H,24,28)(H,25,27). The molecule has 0 bridgehead atoms. The minimum Gasteiger partial charge on any atom is -0.352 e. The third kappa shape index (κ3) is 6.06. The maximum absolute atomic E-state index is 12.0. The quantitative estimate of drug-likeness (QED) is 0.564. The van der Waals surface area contributed by atoms with Gasteiger partial charge in [-0.1, -0.05) is 40.2 Å². The summed E-state index contributed by atoms with van der Waals surface area (Å²) in [5, 5.41) is 5.63. The molecule has 1 aromatic heterocycles. The van der Waals surface area contributed by atoms with Crippen LogP contribution in [0.1, 0.15) is 27.9 Å². The number of benzene rings is 2. The molecule has 0 saturated carbocycles. The van der Waals surface area contributed by atoms with Gasteiger partial charge in [-0.15, -0.1) is 0 Å². The lowest BCUT2D eigenvalue weighted by molar-refractivity contribution is -0.121. The molecule has 2 aromatic carbocycles. The highest BCUT2D eigenvalue weighted by atomic mass is 79.9. The van der Waals surface area contributed by atoms with Gasteiger partial charge in [0.05, 0.1) is 6.33 Å². The lowest BCUT2D eigenvalue weighted by atomic mass is 10.1. The second-order valence-corrected chi connectivity index (χ2v) is 7.26. The molecule has 0 radical (unpaired) electrons. The summed E-state index contributed by atoms with van der Waals surface area (Å²) in [7, 11) is 0. The molecular weight excluding hydrogens is 420 g/mol. The number of nitrogens with one attached hydrogen (secondary N) is 2. The Kier molecular flexibility index (Phi) is 6.97. The monoisotopic (exact) mass is 440 g/mol. The summed E-state index contributed by atoms with van der Waals surface area (Å²) in [5.41, 5.74) is 2.77. The number of halogens is 1. The van der Waals surface area contributed by atoms with E-state index in [1.807, 2.05) is 47.2 Å². The fourth-order valence-corrected chi connectivity index (χ4v) is 2.90. The van der Waals surface area contributed by atoms with Gasteiger partial charge in [-0.05, 0) is 35.4 Å². The maximum atomic E-state index is 12.0. The van der Waals surface area contributed by atoms with E-state index >= 15 is 0 Å². The van der Waals surface area contributed by atoms with Crippen molar-refractivity contribution in [3.05, 3.63) is 88.4 Å². The molecule has 2 N–H and O–H groups in total. The summed E-state index contributed by atoms with van der Waals surface area (Å²) in [4.78, 5) is 28.0. The zero-order chi connectivity index (χ0) is 19.8. The van der Waals surface area contributed by atoms with E-state index in [9.17, 15) is 9.59 Å². The van der Waals surface area contributed by atoms with Gasteiger partial charge in [-0.25, -0.2) is 4.98 Å². The molecule has 0 unspecified atom stereocenters. The minimum atomic E-state index is -0.186. The first-order valence-electron chi connectivity index (χ1n) is 8.94. The summed E-state index contributed by atoms with van der Waals surface area (Å²) < 4.78 is 2.91. The molecule has 0 fully saturated rings. The van der Waals surface area contributed by atoms with Gasteiger partial charge in [-0.2, -0.15) is 0 Å². The Bertz CT molecular complexity index is 907. The smallest absolute Gasteiger partial charge is 0.251 e. The second-order valence-electron chi connectivity index (χ2n) is 6.34.